The van der Waals surface area contributed by atoms with Crippen molar-refractivity contribution in [2.75, 3.05) is 0 Å². The van der Waals surface area contributed by atoms with Crippen LogP contribution in [0.1, 0.15) is 67.2 Å². The number of carboxylic acids is 2. The Labute approximate surface area is 170 Å². The summed E-state index contributed by atoms with van der Waals surface area (Å²) in [4.78, 5) is 59.2. The Bertz CT molecular complexity index is 633. The second kappa shape index (κ2) is 10.8. The molecular formula is C19H33N3O7. The molecule has 0 aromatic rings. The summed E-state index contributed by atoms with van der Waals surface area (Å²) in [5.74, 6) is -4.03. The first-order chi connectivity index (χ1) is 13.0. The van der Waals surface area contributed by atoms with E-state index in [1.54, 1.807) is 41.5 Å². The molecule has 0 fully saturated rings. The number of amides is 3. The number of carbonyl (C=O) groups is 5. The molecule has 0 spiro atoms. The van der Waals surface area contributed by atoms with E-state index in [1.165, 1.54) is 0 Å². The number of aliphatic carboxylic acids is 2. The van der Waals surface area contributed by atoms with Gasteiger partial charge in [-0.2, -0.15) is 0 Å². The maximum atomic E-state index is 12.7. The Kier molecular flexibility index (Phi) is 9.79. The summed E-state index contributed by atoms with van der Waals surface area (Å²) < 4.78 is 0. The first-order valence-corrected chi connectivity index (χ1v) is 9.40. The zero-order valence-electron chi connectivity index (χ0n) is 17.9. The molecular weight excluding hydrogens is 382 g/mol. The number of carboxylic acid groups (broad SMARTS) is 2. The second-order valence-electron chi connectivity index (χ2n) is 8.94. The van der Waals surface area contributed by atoms with E-state index >= 15 is 0 Å². The van der Waals surface area contributed by atoms with Crippen LogP contribution in [0.3, 0.4) is 0 Å². The summed E-state index contributed by atoms with van der Waals surface area (Å²) in [5.41, 5.74) is -1.42. The minimum absolute atomic E-state index is 0.151. The van der Waals surface area contributed by atoms with Crippen LogP contribution in [0.25, 0.3) is 0 Å². The number of hydrogen-bond donors (Lipinski definition) is 5. The zero-order chi connectivity index (χ0) is 23.0. The monoisotopic (exact) mass is 415 g/mol. The minimum atomic E-state index is -1.17. The molecule has 0 aromatic carbocycles. The molecule has 0 aliphatic carbocycles. The molecule has 0 aliphatic rings. The molecule has 2 atom stereocenters. The minimum Gasteiger partial charge on any atom is -0.481 e. The van der Waals surface area contributed by atoms with Crippen molar-refractivity contribution >= 4 is 29.7 Å². The van der Waals surface area contributed by atoms with E-state index in [1.807, 2.05) is 0 Å². The maximum absolute atomic E-state index is 12.7. The third-order valence-corrected chi connectivity index (χ3v) is 3.73. The number of hydrogen-bond acceptors (Lipinski definition) is 5. The van der Waals surface area contributed by atoms with Crippen molar-refractivity contribution in [1.29, 1.82) is 0 Å². The fourth-order valence-electron chi connectivity index (χ4n) is 2.18. The molecule has 0 radical (unpaired) electrons. The first kappa shape index (κ1) is 26.4. The Morgan fingerprint density at radius 1 is 0.724 bits per heavy atom. The third-order valence-electron chi connectivity index (χ3n) is 3.73. The van der Waals surface area contributed by atoms with E-state index in [4.69, 9.17) is 10.2 Å². The lowest BCUT2D eigenvalue weighted by atomic mass is 9.94. The molecule has 5 N–H and O–H groups in total. The van der Waals surface area contributed by atoms with Gasteiger partial charge in [-0.15, -0.1) is 0 Å². The summed E-state index contributed by atoms with van der Waals surface area (Å²) in [6, 6.07) is -2.32. The van der Waals surface area contributed by atoms with Crippen LogP contribution in [0.2, 0.25) is 0 Å². The smallest absolute Gasteiger partial charge is 0.303 e. The van der Waals surface area contributed by atoms with E-state index < -0.39 is 52.7 Å². The second-order valence-corrected chi connectivity index (χ2v) is 8.94. The molecule has 0 saturated heterocycles. The van der Waals surface area contributed by atoms with Crippen molar-refractivity contribution in [3.8, 4) is 0 Å². The van der Waals surface area contributed by atoms with E-state index in [-0.39, 0.29) is 25.7 Å². The van der Waals surface area contributed by atoms with Gasteiger partial charge in [0.2, 0.25) is 17.7 Å². The van der Waals surface area contributed by atoms with E-state index in [2.05, 4.69) is 16.0 Å². The van der Waals surface area contributed by atoms with E-state index in [9.17, 15) is 24.0 Å². The van der Waals surface area contributed by atoms with Crippen LogP contribution >= 0.6 is 0 Å². The topological polar surface area (TPSA) is 162 Å². The molecule has 2 unspecified atom stereocenters. The first-order valence-electron chi connectivity index (χ1n) is 9.40. The zero-order valence-corrected chi connectivity index (χ0v) is 17.9. The molecule has 0 heterocycles. The lowest BCUT2D eigenvalue weighted by Crippen LogP contribution is -2.57. The molecule has 166 valence electrons. The van der Waals surface area contributed by atoms with Crippen molar-refractivity contribution < 1.29 is 34.2 Å². The molecule has 0 saturated carbocycles. The predicted octanol–water partition coefficient (Wildman–Crippen LogP) is 0.646. The molecule has 3 amide bonds. The fourth-order valence-corrected chi connectivity index (χ4v) is 2.18. The summed E-state index contributed by atoms with van der Waals surface area (Å²) >= 11 is 0. The standard InChI is InChI=1S/C19H33N3O7/c1-18(2,3)17(29)21-11(7-9-13(23)24)15(27)20-12(8-10-14(25)26)16(28)22-19(4,5)6/h11-12H,7-10H2,1-6H3,(H,20,27)(H,21,29)(H,22,28)(H,23,24)(H,25,26). The van der Waals surface area contributed by atoms with Gasteiger partial charge in [0.15, 0.2) is 0 Å². The van der Waals surface area contributed by atoms with Crippen LogP contribution in [0.15, 0.2) is 0 Å². The van der Waals surface area contributed by atoms with Gasteiger partial charge in [-0.1, -0.05) is 20.8 Å². The normalized spacial score (nSPS) is 13.7. The summed E-state index contributed by atoms with van der Waals surface area (Å²) in [6.45, 7) is 10.1. The largest absolute Gasteiger partial charge is 0.481 e. The SMILES string of the molecule is CC(C)(C)NC(=O)C(CCC(=O)O)NC(=O)C(CCC(=O)O)NC(=O)C(C)(C)C. The van der Waals surface area contributed by atoms with Crippen molar-refractivity contribution in [3.05, 3.63) is 0 Å². The van der Waals surface area contributed by atoms with Gasteiger partial charge in [0.25, 0.3) is 0 Å². The van der Waals surface area contributed by atoms with Gasteiger partial charge in [0, 0.05) is 23.8 Å². The Morgan fingerprint density at radius 3 is 1.48 bits per heavy atom. The number of carbonyl (C=O) groups excluding carboxylic acids is 3. The van der Waals surface area contributed by atoms with E-state index in [0.717, 1.165) is 0 Å². The van der Waals surface area contributed by atoms with Crippen LogP contribution in [0.4, 0.5) is 0 Å². The summed E-state index contributed by atoms with van der Waals surface area (Å²) in [6.07, 6.45) is -1.04. The van der Waals surface area contributed by atoms with Crippen molar-refractivity contribution in [3.63, 3.8) is 0 Å². The van der Waals surface area contributed by atoms with Crippen LogP contribution in [0.5, 0.6) is 0 Å². The summed E-state index contributed by atoms with van der Waals surface area (Å²) in [5, 5.41) is 25.4. The highest BCUT2D eigenvalue weighted by atomic mass is 16.4. The molecule has 0 bridgehead atoms. The Morgan fingerprint density at radius 2 is 1.14 bits per heavy atom. The van der Waals surface area contributed by atoms with Gasteiger partial charge >= 0.3 is 11.9 Å². The van der Waals surface area contributed by atoms with Gasteiger partial charge in [0.05, 0.1) is 0 Å². The highest BCUT2D eigenvalue weighted by Crippen LogP contribution is 2.14. The van der Waals surface area contributed by atoms with Gasteiger partial charge in [-0.3, -0.25) is 24.0 Å². The number of nitrogens with one attached hydrogen (secondary N) is 3. The number of rotatable bonds is 10. The molecule has 0 rings (SSSR count). The summed E-state index contributed by atoms with van der Waals surface area (Å²) in [7, 11) is 0. The van der Waals surface area contributed by atoms with Gasteiger partial charge in [-0.05, 0) is 33.6 Å². The van der Waals surface area contributed by atoms with Crippen molar-refractivity contribution in [2.45, 2.75) is 84.8 Å². The van der Waals surface area contributed by atoms with Crippen LogP contribution in [-0.2, 0) is 24.0 Å². The van der Waals surface area contributed by atoms with Gasteiger partial charge in [-0.25, -0.2) is 0 Å². The fraction of sp³-hybridized carbons (Fsp3) is 0.737. The molecule has 29 heavy (non-hydrogen) atoms. The average molecular weight is 415 g/mol. The van der Waals surface area contributed by atoms with Crippen LogP contribution < -0.4 is 16.0 Å². The molecule has 10 nitrogen and oxygen atoms in total. The molecule has 10 heteroatoms. The highest BCUT2D eigenvalue weighted by molar-refractivity contribution is 5.93. The van der Waals surface area contributed by atoms with Crippen LogP contribution in [0, 0.1) is 5.41 Å². The Balaban J connectivity index is 5.43. The lowest BCUT2D eigenvalue weighted by Gasteiger charge is -2.28. The molecule has 0 aliphatic heterocycles. The van der Waals surface area contributed by atoms with Crippen molar-refractivity contribution in [1.82, 2.24) is 16.0 Å². The highest BCUT2D eigenvalue weighted by Gasteiger charge is 2.31. The average Bonchev–Trinajstić information content (AvgIpc) is 2.51. The lowest BCUT2D eigenvalue weighted by molar-refractivity contribution is -0.140. The predicted molar refractivity (Wildman–Crippen MR) is 105 cm³/mol. The Hall–Kier alpha value is -2.65. The van der Waals surface area contributed by atoms with Gasteiger partial charge < -0.3 is 26.2 Å². The van der Waals surface area contributed by atoms with Gasteiger partial charge in [0.1, 0.15) is 12.1 Å². The molecule has 0 aromatic heterocycles. The third kappa shape index (κ3) is 11.7. The quantitative estimate of drug-likeness (QED) is 0.350. The van der Waals surface area contributed by atoms with Crippen molar-refractivity contribution in [2.24, 2.45) is 5.41 Å². The van der Waals surface area contributed by atoms with Crippen LogP contribution in [-0.4, -0.2) is 57.5 Å². The van der Waals surface area contributed by atoms with E-state index in [0.29, 0.717) is 0 Å². The maximum Gasteiger partial charge on any atom is 0.303 e.